The largest absolute Gasteiger partial charge is 0.383 e. The van der Waals surface area contributed by atoms with Crippen LogP contribution in [0.2, 0.25) is 0 Å². The summed E-state index contributed by atoms with van der Waals surface area (Å²) in [5.74, 6) is 0.701. The van der Waals surface area contributed by atoms with Crippen LogP contribution in [0.4, 0.5) is 0 Å². The van der Waals surface area contributed by atoms with Gasteiger partial charge >= 0.3 is 0 Å². The van der Waals surface area contributed by atoms with Gasteiger partial charge in [0.15, 0.2) is 0 Å². The van der Waals surface area contributed by atoms with Gasteiger partial charge in [0.2, 0.25) is 5.91 Å². The van der Waals surface area contributed by atoms with E-state index in [0.717, 1.165) is 13.1 Å². The van der Waals surface area contributed by atoms with Gasteiger partial charge in [-0.3, -0.25) is 4.79 Å². The van der Waals surface area contributed by atoms with Crippen LogP contribution in [0.1, 0.15) is 26.7 Å². The number of hydrogen-bond acceptors (Lipinski definition) is 4. The zero-order chi connectivity index (χ0) is 14.1. The first-order valence-electron chi connectivity index (χ1n) is 7.38. The highest BCUT2D eigenvalue weighted by atomic mass is 16.5. The quantitative estimate of drug-likeness (QED) is 0.630. The number of carbonyl (C=O) groups is 1. The fourth-order valence-corrected chi connectivity index (χ4v) is 2.56. The molecule has 1 heterocycles. The average Bonchev–Trinajstić information content (AvgIpc) is 2.45. The standard InChI is InChI=1S/C14H29N3O2/c1-4-17-8-5-6-13(11-17)12(2)16-10-14(18)15-7-9-19-3/h12-13,16H,4-11H2,1-3H3,(H,15,18). The van der Waals surface area contributed by atoms with Crippen molar-refractivity contribution in [3.63, 3.8) is 0 Å². The van der Waals surface area contributed by atoms with E-state index in [4.69, 9.17) is 4.74 Å². The Morgan fingerprint density at radius 1 is 1.53 bits per heavy atom. The minimum absolute atomic E-state index is 0.0482. The molecule has 0 radical (unpaired) electrons. The van der Waals surface area contributed by atoms with Gasteiger partial charge in [-0.25, -0.2) is 0 Å². The molecule has 0 aromatic heterocycles. The molecule has 0 spiro atoms. The number of piperidine rings is 1. The summed E-state index contributed by atoms with van der Waals surface area (Å²) in [6, 6.07) is 0.391. The summed E-state index contributed by atoms with van der Waals surface area (Å²) in [5.41, 5.74) is 0. The molecule has 0 bridgehead atoms. The molecule has 1 saturated heterocycles. The molecule has 0 aromatic rings. The molecule has 112 valence electrons. The number of methoxy groups -OCH3 is 1. The number of rotatable bonds is 8. The SMILES string of the molecule is CCN1CCCC(C(C)NCC(=O)NCCOC)C1. The predicted molar refractivity (Wildman–Crippen MR) is 77.2 cm³/mol. The van der Waals surface area contributed by atoms with Gasteiger partial charge in [0.05, 0.1) is 13.2 Å². The molecule has 1 fully saturated rings. The second-order valence-electron chi connectivity index (χ2n) is 5.31. The van der Waals surface area contributed by atoms with Crippen LogP contribution in [0.25, 0.3) is 0 Å². The molecule has 1 aliphatic rings. The minimum atomic E-state index is 0.0482. The Hall–Kier alpha value is -0.650. The van der Waals surface area contributed by atoms with Gasteiger partial charge in [0.1, 0.15) is 0 Å². The predicted octanol–water partition coefficient (Wildman–Crippen LogP) is 0.459. The smallest absolute Gasteiger partial charge is 0.234 e. The molecule has 2 unspecified atom stereocenters. The summed E-state index contributed by atoms with van der Waals surface area (Å²) >= 11 is 0. The summed E-state index contributed by atoms with van der Waals surface area (Å²) in [4.78, 5) is 14.1. The first-order valence-corrected chi connectivity index (χ1v) is 7.38. The molecule has 1 amide bonds. The minimum Gasteiger partial charge on any atom is -0.383 e. The molecule has 1 aliphatic heterocycles. The Kier molecular flexibility index (Phi) is 8.02. The Morgan fingerprint density at radius 3 is 3.00 bits per heavy atom. The molecule has 2 atom stereocenters. The Balaban J connectivity index is 2.19. The van der Waals surface area contributed by atoms with Crippen molar-refractivity contribution in [1.82, 2.24) is 15.5 Å². The molecule has 2 N–H and O–H groups in total. The lowest BCUT2D eigenvalue weighted by Crippen LogP contribution is -2.47. The van der Waals surface area contributed by atoms with E-state index in [9.17, 15) is 4.79 Å². The Morgan fingerprint density at radius 2 is 2.32 bits per heavy atom. The maximum absolute atomic E-state index is 11.6. The van der Waals surface area contributed by atoms with Gasteiger partial charge < -0.3 is 20.3 Å². The molecule has 5 heteroatoms. The van der Waals surface area contributed by atoms with Crippen LogP contribution >= 0.6 is 0 Å². The van der Waals surface area contributed by atoms with Gasteiger partial charge in [-0.05, 0) is 38.8 Å². The molecule has 1 rings (SSSR count). The van der Waals surface area contributed by atoms with Crippen LogP contribution in [0.5, 0.6) is 0 Å². The van der Waals surface area contributed by atoms with Crippen molar-refractivity contribution in [3.8, 4) is 0 Å². The third kappa shape index (κ3) is 6.36. The monoisotopic (exact) mass is 271 g/mol. The van der Waals surface area contributed by atoms with E-state index in [1.165, 1.54) is 19.4 Å². The molecule has 5 nitrogen and oxygen atoms in total. The lowest BCUT2D eigenvalue weighted by Gasteiger charge is -2.35. The van der Waals surface area contributed by atoms with E-state index in [1.807, 2.05) is 0 Å². The van der Waals surface area contributed by atoms with E-state index in [-0.39, 0.29) is 5.91 Å². The normalized spacial score (nSPS) is 22.2. The summed E-state index contributed by atoms with van der Waals surface area (Å²) in [5, 5.41) is 6.17. The van der Waals surface area contributed by atoms with E-state index >= 15 is 0 Å². The highest BCUT2D eigenvalue weighted by molar-refractivity contribution is 5.77. The van der Waals surface area contributed by atoms with Crippen molar-refractivity contribution in [2.75, 3.05) is 46.4 Å². The van der Waals surface area contributed by atoms with Crippen LogP contribution in [0.3, 0.4) is 0 Å². The van der Waals surface area contributed by atoms with Crippen LogP contribution in [-0.4, -0.2) is 63.3 Å². The first-order chi connectivity index (χ1) is 9.17. The second-order valence-corrected chi connectivity index (χ2v) is 5.31. The van der Waals surface area contributed by atoms with E-state index in [1.54, 1.807) is 7.11 Å². The zero-order valence-corrected chi connectivity index (χ0v) is 12.6. The number of ether oxygens (including phenoxy) is 1. The van der Waals surface area contributed by atoms with Crippen molar-refractivity contribution in [1.29, 1.82) is 0 Å². The number of carbonyl (C=O) groups excluding carboxylic acids is 1. The average molecular weight is 271 g/mol. The lowest BCUT2D eigenvalue weighted by atomic mass is 9.91. The van der Waals surface area contributed by atoms with Crippen LogP contribution < -0.4 is 10.6 Å². The highest BCUT2D eigenvalue weighted by Crippen LogP contribution is 2.19. The van der Waals surface area contributed by atoms with Crippen molar-refractivity contribution in [3.05, 3.63) is 0 Å². The van der Waals surface area contributed by atoms with Crippen LogP contribution in [0.15, 0.2) is 0 Å². The number of nitrogens with zero attached hydrogens (tertiary/aromatic N) is 1. The van der Waals surface area contributed by atoms with Crippen LogP contribution in [-0.2, 0) is 9.53 Å². The summed E-state index contributed by atoms with van der Waals surface area (Å²) in [7, 11) is 1.63. The van der Waals surface area contributed by atoms with Gasteiger partial charge in [0, 0.05) is 26.2 Å². The van der Waals surface area contributed by atoms with Gasteiger partial charge in [-0.2, -0.15) is 0 Å². The van der Waals surface area contributed by atoms with Crippen molar-refractivity contribution in [2.45, 2.75) is 32.7 Å². The Labute approximate surface area is 117 Å². The maximum atomic E-state index is 11.6. The number of amides is 1. The van der Waals surface area contributed by atoms with E-state index in [2.05, 4.69) is 29.4 Å². The van der Waals surface area contributed by atoms with Crippen LogP contribution in [0, 0.1) is 5.92 Å². The maximum Gasteiger partial charge on any atom is 0.234 e. The number of likely N-dealkylation sites (tertiary alicyclic amines) is 1. The number of nitrogens with one attached hydrogen (secondary N) is 2. The van der Waals surface area contributed by atoms with Crippen molar-refractivity contribution < 1.29 is 9.53 Å². The molecule has 19 heavy (non-hydrogen) atoms. The topological polar surface area (TPSA) is 53.6 Å². The number of hydrogen-bond donors (Lipinski definition) is 2. The third-order valence-corrected chi connectivity index (χ3v) is 3.91. The Bertz CT molecular complexity index is 261. The fraction of sp³-hybridized carbons (Fsp3) is 0.929. The zero-order valence-electron chi connectivity index (χ0n) is 12.6. The van der Waals surface area contributed by atoms with E-state index < -0.39 is 0 Å². The highest BCUT2D eigenvalue weighted by Gasteiger charge is 2.23. The van der Waals surface area contributed by atoms with Crippen molar-refractivity contribution in [2.24, 2.45) is 5.92 Å². The van der Waals surface area contributed by atoms with Gasteiger partial charge in [-0.15, -0.1) is 0 Å². The van der Waals surface area contributed by atoms with E-state index in [0.29, 0.717) is 31.7 Å². The molecule has 0 aliphatic carbocycles. The molecular weight excluding hydrogens is 242 g/mol. The van der Waals surface area contributed by atoms with Crippen molar-refractivity contribution >= 4 is 5.91 Å². The van der Waals surface area contributed by atoms with Gasteiger partial charge in [0.25, 0.3) is 0 Å². The molecular formula is C14H29N3O2. The summed E-state index contributed by atoms with van der Waals surface area (Å²) < 4.78 is 4.90. The molecule has 0 aromatic carbocycles. The summed E-state index contributed by atoms with van der Waals surface area (Å²) in [6.07, 6.45) is 2.53. The summed E-state index contributed by atoms with van der Waals surface area (Å²) in [6.45, 7) is 9.44. The second kappa shape index (κ2) is 9.28. The van der Waals surface area contributed by atoms with Gasteiger partial charge in [-0.1, -0.05) is 6.92 Å². The third-order valence-electron chi connectivity index (χ3n) is 3.91. The fourth-order valence-electron chi connectivity index (χ4n) is 2.56. The first kappa shape index (κ1) is 16.4. The lowest BCUT2D eigenvalue weighted by molar-refractivity contribution is -0.120. The molecule has 0 saturated carbocycles.